The number of halogens is 1. The van der Waals surface area contributed by atoms with Crippen LogP contribution in [0.25, 0.3) is 0 Å². The van der Waals surface area contributed by atoms with Gasteiger partial charge in [0.05, 0.1) is 16.2 Å². The highest BCUT2D eigenvalue weighted by molar-refractivity contribution is 6.33. The summed E-state index contributed by atoms with van der Waals surface area (Å²) in [6, 6.07) is 1.40. The second kappa shape index (κ2) is 4.74. The van der Waals surface area contributed by atoms with E-state index in [0.29, 0.717) is 36.8 Å². The van der Waals surface area contributed by atoms with Crippen molar-refractivity contribution >= 4 is 23.4 Å². The number of rotatable bonds is 2. The van der Waals surface area contributed by atoms with Crippen molar-refractivity contribution in [3.8, 4) is 0 Å². The van der Waals surface area contributed by atoms with E-state index in [4.69, 9.17) is 16.7 Å². The number of carboxylic acids is 1. The quantitative estimate of drug-likeness (QED) is 0.857. The summed E-state index contributed by atoms with van der Waals surface area (Å²) in [5.41, 5.74) is -0.558. The van der Waals surface area contributed by atoms with E-state index >= 15 is 0 Å². The lowest BCUT2D eigenvalue weighted by Crippen LogP contribution is -2.42. The molecule has 2 N–H and O–H groups in total. The normalized spacial score (nSPS) is 18.7. The Labute approximate surface area is 110 Å². The molecule has 0 aliphatic carbocycles. The molecule has 1 aromatic rings. The SMILES string of the molecule is CC1(O)CCN(c2ncc(C(=O)O)cc2Cl)CC1. The van der Waals surface area contributed by atoms with E-state index in [1.165, 1.54) is 12.3 Å². The number of piperidine rings is 1. The zero-order valence-corrected chi connectivity index (χ0v) is 10.8. The van der Waals surface area contributed by atoms with Gasteiger partial charge in [-0.05, 0) is 25.8 Å². The molecule has 1 aliphatic rings. The summed E-state index contributed by atoms with van der Waals surface area (Å²) in [6.07, 6.45) is 2.59. The van der Waals surface area contributed by atoms with Crippen LogP contribution in [0.5, 0.6) is 0 Å². The molecule has 2 rings (SSSR count). The molecule has 1 aromatic heterocycles. The molecule has 0 unspecified atom stereocenters. The molecule has 18 heavy (non-hydrogen) atoms. The summed E-state index contributed by atoms with van der Waals surface area (Å²) in [5, 5.41) is 19.0. The summed E-state index contributed by atoms with van der Waals surface area (Å²) in [7, 11) is 0. The Kier molecular flexibility index (Phi) is 3.45. The van der Waals surface area contributed by atoms with Crippen LogP contribution in [0.15, 0.2) is 12.3 Å². The fourth-order valence-corrected chi connectivity index (χ4v) is 2.27. The minimum absolute atomic E-state index is 0.0766. The van der Waals surface area contributed by atoms with E-state index in [0.717, 1.165) is 0 Å². The molecule has 1 fully saturated rings. The summed E-state index contributed by atoms with van der Waals surface area (Å²) >= 11 is 6.05. The molecule has 0 spiro atoms. The van der Waals surface area contributed by atoms with Crippen LogP contribution in [-0.2, 0) is 0 Å². The summed E-state index contributed by atoms with van der Waals surface area (Å²) in [4.78, 5) is 16.8. The molecule has 0 saturated carbocycles. The van der Waals surface area contributed by atoms with Gasteiger partial charge in [0.2, 0.25) is 0 Å². The van der Waals surface area contributed by atoms with Crippen LogP contribution in [0.4, 0.5) is 5.82 Å². The number of carbonyl (C=O) groups is 1. The first-order valence-corrected chi connectivity index (χ1v) is 6.13. The molecule has 98 valence electrons. The van der Waals surface area contributed by atoms with Gasteiger partial charge in [-0.1, -0.05) is 11.6 Å². The zero-order chi connectivity index (χ0) is 13.3. The number of carboxylic acid groups (broad SMARTS) is 1. The van der Waals surface area contributed by atoms with Crippen molar-refractivity contribution in [3.05, 3.63) is 22.8 Å². The predicted octanol–water partition coefficient (Wildman–Crippen LogP) is 1.78. The minimum atomic E-state index is -1.04. The maximum atomic E-state index is 10.8. The molecule has 5 nitrogen and oxygen atoms in total. The summed E-state index contributed by atoms with van der Waals surface area (Å²) in [5.74, 6) is -0.463. The van der Waals surface area contributed by atoms with Gasteiger partial charge in [0.25, 0.3) is 0 Å². The standard InChI is InChI=1S/C12H15ClN2O3/c1-12(18)2-4-15(5-3-12)10-9(13)6-8(7-14-10)11(16)17/h6-7,18H,2-5H2,1H3,(H,16,17). The highest BCUT2D eigenvalue weighted by Gasteiger charge is 2.28. The van der Waals surface area contributed by atoms with E-state index < -0.39 is 11.6 Å². The highest BCUT2D eigenvalue weighted by Crippen LogP contribution is 2.29. The Hall–Kier alpha value is -1.33. The molecule has 1 saturated heterocycles. The third kappa shape index (κ3) is 2.73. The monoisotopic (exact) mass is 270 g/mol. The Morgan fingerprint density at radius 2 is 2.11 bits per heavy atom. The number of aliphatic hydroxyl groups is 1. The van der Waals surface area contributed by atoms with Gasteiger partial charge >= 0.3 is 5.97 Å². The van der Waals surface area contributed by atoms with Crippen LogP contribution in [0.2, 0.25) is 5.02 Å². The highest BCUT2D eigenvalue weighted by atomic mass is 35.5. The van der Waals surface area contributed by atoms with Gasteiger partial charge in [-0.15, -0.1) is 0 Å². The number of aromatic nitrogens is 1. The van der Waals surface area contributed by atoms with E-state index in [1.54, 1.807) is 0 Å². The number of anilines is 1. The van der Waals surface area contributed by atoms with Crippen molar-refractivity contribution < 1.29 is 15.0 Å². The third-order valence-electron chi connectivity index (χ3n) is 3.21. The van der Waals surface area contributed by atoms with Gasteiger partial charge in [0, 0.05) is 19.3 Å². The lowest BCUT2D eigenvalue weighted by atomic mass is 9.94. The van der Waals surface area contributed by atoms with Crippen LogP contribution in [-0.4, -0.2) is 39.9 Å². The van der Waals surface area contributed by atoms with Crippen molar-refractivity contribution in [3.63, 3.8) is 0 Å². The average Bonchev–Trinajstić information content (AvgIpc) is 2.29. The topological polar surface area (TPSA) is 73.7 Å². The smallest absolute Gasteiger partial charge is 0.337 e. The van der Waals surface area contributed by atoms with Crippen molar-refractivity contribution in [2.45, 2.75) is 25.4 Å². The number of hydrogen-bond donors (Lipinski definition) is 2. The second-order valence-electron chi connectivity index (χ2n) is 4.82. The number of hydrogen-bond acceptors (Lipinski definition) is 4. The summed E-state index contributed by atoms with van der Waals surface area (Å²) in [6.45, 7) is 3.13. The van der Waals surface area contributed by atoms with Crippen LogP contribution in [0.1, 0.15) is 30.1 Å². The molecule has 0 bridgehead atoms. The van der Waals surface area contributed by atoms with Crippen LogP contribution in [0.3, 0.4) is 0 Å². The van der Waals surface area contributed by atoms with E-state index in [9.17, 15) is 9.90 Å². The maximum absolute atomic E-state index is 10.8. The fourth-order valence-electron chi connectivity index (χ4n) is 1.98. The van der Waals surface area contributed by atoms with E-state index in [-0.39, 0.29) is 5.56 Å². The van der Waals surface area contributed by atoms with Gasteiger partial charge in [0.1, 0.15) is 5.82 Å². The summed E-state index contributed by atoms with van der Waals surface area (Å²) < 4.78 is 0. The van der Waals surface area contributed by atoms with Crippen LogP contribution < -0.4 is 4.90 Å². The van der Waals surface area contributed by atoms with Crippen LogP contribution >= 0.6 is 11.6 Å². The molecular weight excluding hydrogens is 256 g/mol. The van der Waals surface area contributed by atoms with Crippen molar-refractivity contribution in [2.75, 3.05) is 18.0 Å². The molecule has 6 heteroatoms. The van der Waals surface area contributed by atoms with E-state index in [2.05, 4.69) is 4.98 Å². The first-order chi connectivity index (χ1) is 8.39. The van der Waals surface area contributed by atoms with Crippen molar-refractivity contribution in [2.24, 2.45) is 0 Å². The Bertz CT molecular complexity index is 466. The fraction of sp³-hybridized carbons (Fsp3) is 0.500. The van der Waals surface area contributed by atoms with Gasteiger partial charge in [-0.3, -0.25) is 0 Å². The average molecular weight is 271 g/mol. The van der Waals surface area contributed by atoms with Gasteiger partial charge in [-0.25, -0.2) is 9.78 Å². The van der Waals surface area contributed by atoms with Gasteiger partial charge in [0.15, 0.2) is 0 Å². The second-order valence-corrected chi connectivity index (χ2v) is 5.23. The number of pyridine rings is 1. The number of aromatic carboxylic acids is 1. The molecule has 0 aromatic carbocycles. The molecule has 1 aliphatic heterocycles. The third-order valence-corrected chi connectivity index (χ3v) is 3.49. The first-order valence-electron chi connectivity index (χ1n) is 5.75. The lowest BCUT2D eigenvalue weighted by molar-refractivity contribution is 0.0350. The molecule has 2 heterocycles. The minimum Gasteiger partial charge on any atom is -0.478 e. The van der Waals surface area contributed by atoms with E-state index in [1.807, 2.05) is 11.8 Å². The number of nitrogens with zero attached hydrogens (tertiary/aromatic N) is 2. The Morgan fingerprint density at radius 3 is 2.61 bits per heavy atom. The molecular formula is C12H15ClN2O3. The van der Waals surface area contributed by atoms with Crippen LogP contribution in [0, 0.1) is 0 Å². The van der Waals surface area contributed by atoms with Gasteiger partial charge < -0.3 is 15.1 Å². The predicted molar refractivity (Wildman–Crippen MR) is 68.3 cm³/mol. The molecule has 0 atom stereocenters. The molecule has 0 radical (unpaired) electrons. The lowest BCUT2D eigenvalue weighted by Gasteiger charge is -2.36. The Balaban J connectivity index is 2.17. The van der Waals surface area contributed by atoms with Crippen molar-refractivity contribution in [1.82, 2.24) is 4.98 Å². The zero-order valence-electron chi connectivity index (χ0n) is 10.1. The van der Waals surface area contributed by atoms with Gasteiger partial charge in [-0.2, -0.15) is 0 Å². The molecule has 0 amide bonds. The first kappa shape index (κ1) is 13.1. The maximum Gasteiger partial charge on any atom is 0.337 e. The Morgan fingerprint density at radius 1 is 1.50 bits per heavy atom. The van der Waals surface area contributed by atoms with Crippen molar-refractivity contribution in [1.29, 1.82) is 0 Å². The largest absolute Gasteiger partial charge is 0.478 e.